The standard InChI is InChI=1S/C18H20ClN5OS/c19-17-6-5-14(26-17)13-23-9-7-22(8-10-23)11-12-24-18(25)15-3-1-2-4-16(15)20-21-24/h1-6H,7-13H2. The number of aromatic nitrogens is 3. The molecule has 2 aromatic heterocycles. The molecular formula is C18H20ClN5OS. The van der Waals surface area contributed by atoms with Crippen molar-refractivity contribution in [2.45, 2.75) is 13.1 Å². The molecule has 1 saturated heterocycles. The van der Waals surface area contributed by atoms with Crippen LogP contribution in [-0.2, 0) is 13.1 Å². The Balaban J connectivity index is 1.31. The van der Waals surface area contributed by atoms with Gasteiger partial charge in [0.1, 0.15) is 5.52 Å². The maximum Gasteiger partial charge on any atom is 0.277 e. The average Bonchev–Trinajstić information content (AvgIpc) is 3.07. The Morgan fingerprint density at radius 1 is 1.00 bits per heavy atom. The van der Waals surface area contributed by atoms with Crippen LogP contribution in [0, 0.1) is 0 Å². The van der Waals surface area contributed by atoms with Crippen LogP contribution in [0.2, 0.25) is 4.34 Å². The molecule has 0 atom stereocenters. The Bertz CT molecular complexity index is 948. The zero-order valence-corrected chi connectivity index (χ0v) is 15.9. The first-order valence-corrected chi connectivity index (χ1v) is 9.90. The van der Waals surface area contributed by atoms with Crippen molar-refractivity contribution < 1.29 is 0 Å². The first-order valence-electron chi connectivity index (χ1n) is 8.70. The van der Waals surface area contributed by atoms with E-state index in [9.17, 15) is 4.79 Å². The maximum absolute atomic E-state index is 12.5. The predicted molar refractivity (Wildman–Crippen MR) is 105 cm³/mol. The maximum atomic E-state index is 12.5. The van der Waals surface area contributed by atoms with Gasteiger partial charge in [-0.1, -0.05) is 28.9 Å². The van der Waals surface area contributed by atoms with E-state index in [0.717, 1.165) is 43.6 Å². The third-order valence-electron chi connectivity index (χ3n) is 4.73. The second-order valence-corrected chi connectivity index (χ2v) is 8.26. The topological polar surface area (TPSA) is 54.3 Å². The zero-order valence-electron chi connectivity index (χ0n) is 14.3. The number of benzene rings is 1. The largest absolute Gasteiger partial charge is 0.299 e. The molecule has 0 N–H and O–H groups in total. The number of hydrogen-bond donors (Lipinski definition) is 0. The van der Waals surface area contributed by atoms with Crippen molar-refractivity contribution in [3.63, 3.8) is 0 Å². The molecule has 1 aromatic carbocycles. The van der Waals surface area contributed by atoms with Crippen molar-refractivity contribution in [2.75, 3.05) is 32.7 Å². The molecule has 0 aliphatic carbocycles. The molecule has 0 saturated carbocycles. The molecule has 0 spiro atoms. The SMILES string of the molecule is O=c1c2ccccc2nnn1CCN1CCN(Cc2ccc(Cl)s2)CC1. The molecule has 1 aliphatic heterocycles. The van der Waals surface area contributed by atoms with Crippen LogP contribution in [0.25, 0.3) is 10.9 Å². The lowest BCUT2D eigenvalue weighted by molar-refractivity contribution is 0.123. The summed E-state index contributed by atoms with van der Waals surface area (Å²) in [7, 11) is 0. The molecule has 136 valence electrons. The summed E-state index contributed by atoms with van der Waals surface area (Å²) in [5, 5.41) is 8.84. The minimum atomic E-state index is -0.0659. The van der Waals surface area contributed by atoms with Gasteiger partial charge in [-0.05, 0) is 24.3 Å². The van der Waals surface area contributed by atoms with Crippen molar-refractivity contribution >= 4 is 33.8 Å². The quantitative estimate of drug-likeness (QED) is 0.670. The first-order chi connectivity index (χ1) is 12.7. The zero-order chi connectivity index (χ0) is 17.9. The second kappa shape index (κ2) is 7.84. The molecule has 0 amide bonds. The van der Waals surface area contributed by atoms with Crippen LogP contribution in [0.3, 0.4) is 0 Å². The van der Waals surface area contributed by atoms with Crippen LogP contribution in [0.5, 0.6) is 0 Å². The van der Waals surface area contributed by atoms with E-state index in [2.05, 4.69) is 26.2 Å². The number of rotatable bonds is 5. The molecule has 6 nitrogen and oxygen atoms in total. The van der Waals surface area contributed by atoms with Gasteiger partial charge in [0.25, 0.3) is 5.56 Å². The fourth-order valence-corrected chi connectivity index (χ4v) is 4.36. The highest BCUT2D eigenvalue weighted by atomic mass is 35.5. The lowest BCUT2D eigenvalue weighted by atomic mass is 10.2. The molecule has 0 unspecified atom stereocenters. The van der Waals surface area contributed by atoms with Crippen molar-refractivity contribution in [1.29, 1.82) is 0 Å². The lowest BCUT2D eigenvalue weighted by Gasteiger charge is -2.34. The van der Waals surface area contributed by atoms with Crippen molar-refractivity contribution in [3.05, 3.63) is 56.0 Å². The molecule has 3 heterocycles. The van der Waals surface area contributed by atoms with Gasteiger partial charge in [0.05, 0.1) is 16.3 Å². The van der Waals surface area contributed by atoms with Crippen LogP contribution < -0.4 is 5.56 Å². The average molecular weight is 390 g/mol. The fraction of sp³-hybridized carbons (Fsp3) is 0.389. The monoisotopic (exact) mass is 389 g/mol. The summed E-state index contributed by atoms with van der Waals surface area (Å²) in [4.78, 5) is 18.6. The molecule has 1 fully saturated rings. The molecule has 26 heavy (non-hydrogen) atoms. The van der Waals surface area contributed by atoms with E-state index in [4.69, 9.17) is 11.6 Å². The van der Waals surface area contributed by atoms with E-state index in [0.29, 0.717) is 17.4 Å². The van der Waals surface area contributed by atoms with E-state index in [1.54, 1.807) is 17.4 Å². The van der Waals surface area contributed by atoms with E-state index in [-0.39, 0.29) is 5.56 Å². The second-order valence-electron chi connectivity index (χ2n) is 6.46. The highest BCUT2D eigenvalue weighted by molar-refractivity contribution is 7.16. The summed E-state index contributed by atoms with van der Waals surface area (Å²) in [6.07, 6.45) is 0. The van der Waals surface area contributed by atoms with E-state index in [1.807, 2.05) is 24.3 Å². The van der Waals surface area contributed by atoms with Gasteiger partial charge in [0.15, 0.2) is 0 Å². The summed E-state index contributed by atoms with van der Waals surface area (Å²) in [5.41, 5.74) is 0.583. The number of halogens is 1. The third kappa shape index (κ3) is 3.96. The number of fused-ring (bicyclic) bond motifs is 1. The molecule has 3 aromatic rings. The van der Waals surface area contributed by atoms with E-state index < -0.39 is 0 Å². The molecule has 8 heteroatoms. The number of nitrogens with zero attached hydrogens (tertiary/aromatic N) is 5. The van der Waals surface area contributed by atoms with Crippen LogP contribution in [-0.4, -0.2) is 57.5 Å². The van der Waals surface area contributed by atoms with Gasteiger partial charge in [0.2, 0.25) is 0 Å². The van der Waals surface area contributed by atoms with Gasteiger partial charge in [0, 0.05) is 44.1 Å². The summed E-state index contributed by atoms with van der Waals surface area (Å²) >= 11 is 7.65. The van der Waals surface area contributed by atoms with Gasteiger partial charge in [-0.2, -0.15) is 0 Å². The highest BCUT2D eigenvalue weighted by Crippen LogP contribution is 2.23. The minimum Gasteiger partial charge on any atom is -0.299 e. The molecule has 1 aliphatic rings. The summed E-state index contributed by atoms with van der Waals surface area (Å²) in [5.74, 6) is 0. The van der Waals surface area contributed by atoms with E-state index >= 15 is 0 Å². The van der Waals surface area contributed by atoms with Crippen LogP contribution in [0.4, 0.5) is 0 Å². The highest BCUT2D eigenvalue weighted by Gasteiger charge is 2.18. The third-order valence-corrected chi connectivity index (χ3v) is 5.95. The van der Waals surface area contributed by atoms with Gasteiger partial charge >= 0.3 is 0 Å². The Hall–Kier alpha value is -1.80. The van der Waals surface area contributed by atoms with Gasteiger partial charge in [-0.3, -0.25) is 14.6 Å². The first kappa shape index (κ1) is 17.6. The minimum absolute atomic E-state index is 0.0659. The fourth-order valence-electron chi connectivity index (χ4n) is 3.23. The molecular weight excluding hydrogens is 370 g/mol. The van der Waals surface area contributed by atoms with E-state index in [1.165, 1.54) is 9.56 Å². The van der Waals surface area contributed by atoms with Crippen molar-refractivity contribution in [3.8, 4) is 0 Å². The summed E-state index contributed by atoms with van der Waals surface area (Å²) < 4.78 is 2.32. The van der Waals surface area contributed by atoms with Crippen molar-refractivity contribution in [2.24, 2.45) is 0 Å². The number of hydrogen-bond acceptors (Lipinski definition) is 6. The van der Waals surface area contributed by atoms with Gasteiger partial charge in [-0.15, -0.1) is 16.4 Å². The van der Waals surface area contributed by atoms with Gasteiger partial charge in [-0.25, -0.2) is 4.68 Å². The normalized spacial score (nSPS) is 16.3. The Morgan fingerprint density at radius 3 is 2.54 bits per heavy atom. The van der Waals surface area contributed by atoms with Crippen molar-refractivity contribution in [1.82, 2.24) is 24.8 Å². The Morgan fingerprint density at radius 2 is 1.77 bits per heavy atom. The lowest BCUT2D eigenvalue weighted by Crippen LogP contribution is -2.47. The Kier molecular flexibility index (Phi) is 5.31. The number of thiophene rings is 1. The predicted octanol–water partition coefficient (Wildman–Crippen LogP) is 2.32. The van der Waals surface area contributed by atoms with Crippen LogP contribution in [0.1, 0.15) is 4.88 Å². The molecule has 0 bridgehead atoms. The van der Waals surface area contributed by atoms with Crippen LogP contribution >= 0.6 is 22.9 Å². The smallest absolute Gasteiger partial charge is 0.277 e. The number of piperazine rings is 1. The molecule has 0 radical (unpaired) electrons. The van der Waals surface area contributed by atoms with Gasteiger partial charge < -0.3 is 0 Å². The molecule has 4 rings (SSSR count). The summed E-state index contributed by atoms with van der Waals surface area (Å²) in [6, 6.07) is 11.4. The van der Waals surface area contributed by atoms with Crippen LogP contribution in [0.15, 0.2) is 41.2 Å². The Labute approximate surface area is 160 Å². The summed E-state index contributed by atoms with van der Waals surface area (Å²) in [6.45, 7) is 6.37.